The van der Waals surface area contributed by atoms with E-state index in [1.165, 1.54) is 0 Å². The molecule has 0 aliphatic carbocycles. The van der Waals surface area contributed by atoms with E-state index < -0.39 is 0 Å². The Morgan fingerprint density at radius 1 is 1.29 bits per heavy atom. The number of aliphatic hydroxyl groups excluding tert-OH is 1. The van der Waals surface area contributed by atoms with Gasteiger partial charge in [-0.15, -0.1) is 0 Å². The Hall–Kier alpha value is -2.67. The number of anilines is 2. The topological polar surface area (TPSA) is 87.6 Å². The molecule has 0 unspecified atom stereocenters. The Kier molecular flexibility index (Phi) is 6.81. The van der Waals surface area contributed by atoms with Gasteiger partial charge in [0.15, 0.2) is 0 Å². The zero-order valence-electron chi connectivity index (χ0n) is 16.5. The summed E-state index contributed by atoms with van der Waals surface area (Å²) < 4.78 is 5.55. The van der Waals surface area contributed by atoms with Crippen molar-refractivity contribution >= 4 is 17.7 Å². The smallest absolute Gasteiger partial charge is 0.259 e. The van der Waals surface area contributed by atoms with Crippen LogP contribution in [0.25, 0.3) is 0 Å². The number of carbonyl (C=O) groups is 1. The summed E-state index contributed by atoms with van der Waals surface area (Å²) in [4.78, 5) is 23.8. The van der Waals surface area contributed by atoms with E-state index in [1.54, 1.807) is 17.2 Å². The molecule has 0 saturated carbocycles. The lowest BCUT2D eigenvalue weighted by atomic mass is 10.1. The Balaban J connectivity index is 1.84. The lowest BCUT2D eigenvalue weighted by molar-refractivity contribution is 0.0985. The molecule has 2 aromatic rings. The summed E-state index contributed by atoms with van der Waals surface area (Å²) in [5, 5.41) is 12.2. The van der Waals surface area contributed by atoms with Gasteiger partial charge in [0, 0.05) is 37.4 Å². The molecule has 0 atom stereocenters. The molecule has 1 aliphatic rings. The molecule has 2 N–H and O–H groups in total. The van der Waals surface area contributed by atoms with Gasteiger partial charge < -0.3 is 15.2 Å². The lowest BCUT2D eigenvalue weighted by Crippen LogP contribution is -2.33. The van der Waals surface area contributed by atoms with Crippen LogP contribution in [0.5, 0.6) is 5.75 Å². The van der Waals surface area contributed by atoms with Crippen LogP contribution in [0, 0.1) is 0 Å². The van der Waals surface area contributed by atoms with Crippen LogP contribution in [-0.2, 0) is 6.42 Å². The first kappa shape index (κ1) is 20.1. The van der Waals surface area contributed by atoms with Crippen molar-refractivity contribution in [3.63, 3.8) is 0 Å². The minimum absolute atomic E-state index is 0.0899. The van der Waals surface area contributed by atoms with E-state index in [0.717, 1.165) is 37.0 Å². The van der Waals surface area contributed by atoms with E-state index >= 15 is 0 Å². The van der Waals surface area contributed by atoms with Gasteiger partial charge in [0.05, 0.1) is 6.61 Å². The number of benzene rings is 1. The number of fused-ring (bicyclic) bond motifs is 1. The number of hydrogen-bond acceptors (Lipinski definition) is 6. The molecule has 0 saturated heterocycles. The maximum Gasteiger partial charge on any atom is 0.259 e. The monoisotopic (exact) mass is 384 g/mol. The van der Waals surface area contributed by atoms with Crippen LogP contribution >= 0.6 is 0 Å². The molecule has 28 heavy (non-hydrogen) atoms. The van der Waals surface area contributed by atoms with E-state index in [1.807, 2.05) is 32.0 Å². The second-order valence-electron chi connectivity index (χ2n) is 7.20. The highest BCUT2D eigenvalue weighted by Crippen LogP contribution is 2.27. The van der Waals surface area contributed by atoms with Crippen molar-refractivity contribution < 1.29 is 14.6 Å². The first-order valence-electron chi connectivity index (χ1n) is 9.86. The minimum Gasteiger partial charge on any atom is -0.493 e. The second-order valence-corrected chi connectivity index (χ2v) is 7.20. The fraction of sp³-hybridized carbons (Fsp3) is 0.476. The standard InChI is InChI=1S/C21H28N4O3/c1-15(2)23-21-22-10-8-19(24-21)25(11-4-3-5-12-26)20(27)17-6-7-18-16(14-17)9-13-28-18/h6-8,10,14-15,26H,3-5,9,11-13H2,1-2H3,(H,22,23,24). The molecule has 1 aromatic carbocycles. The number of hydrogen-bond donors (Lipinski definition) is 2. The molecule has 150 valence electrons. The van der Waals surface area contributed by atoms with Crippen molar-refractivity contribution in [2.45, 2.75) is 45.6 Å². The van der Waals surface area contributed by atoms with Gasteiger partial charge in [0.1, 0.15) is 11.6 Å². The second kappa shape index (κ2) is 9.50. The summed E-state index contributed by atoms with van der Waals surface area (Å²) in [6, 6.07) is 7.54. The summed E-state index contributed by atoms with van der Waals surface area (Å²) in [7, 11) is 0. The van der Waals surface area contributed by atoms with Crippen molar-refractivity contribution in [3.05, 3.63) is 41.6 Å². The number of aliphatic hydroxyl groups is 1. The fourth-order valence-corrected chi connectivity index (χ4v) is 3.18. The lowest BCUT2D eigenvalue weighted by Gasteiger charge is -2.23. The average Bonchev–Trinajstić information content (AvgIpc) is 3.15. The maximum absolute atomic E-state index is 13.3. The van der Waals surface area contributed by atoms with E-state index in [2.05, 4.69) is 15.3 Å². The van der Waals surface area contributed by atoms with E-state index in [9.17, 15) is 4.79 Å². The first-order chi connectivity index (χ1) is 13.6. The van der Waals surface area contributed by atoms with Crippen LogP contribution < -0.4 is 15.0 Å². The summed E-state index contributed by atoms with van der Waals surface area (Å²) in [6.45, 7) is 5.38. The Bertz CT molecular complexity index is 810. The zero-order valence-corrected chi connectivity index (χ0v) is 16.5. The van der Waals surface area contributed by atoms with Crippen LogP contribution in [-0.4, -0.2) is 46.8 Å². The van der Waals surface area contributed by atoms with Crippen molar-refractivity contribution in [3.8, 4) is 5.75 Å². The molecule has 7 nitrogen and oxygen atoms in total. The number of ether oxygens (including phenoxy) is 1. The number of amides is 1. The third kappa shape index (κ3) is 4.98. The van der Waals surface area contributed by atoms with Crippen LogP contribution in [0.2, 0.25) is 0 Å². The van der Waals surface area contributed by atoms with Crippen molar-refractivity contribution in [1.29, 1.82) is 0 Å². The average molecular weight is 384 g/mol. The number of rotatable bonds is 9. The number of nitrogens with zero attached hydrogens (tertiary/aromatic N) is 3. The molecule has 3 rings (SSSR count). The molecule has 2 heterocycles. The molecule has 0 bridgehead atoms. The molecule has 1 aliphatic heterocycles. The van der Waals surface area contributed by atoms with Gasteiger partial charge in [-0.2, -0.15) is 4.98 Å². The normalized spacial score (nSPS) is 12.6. The third-order valence-electron chi connectivity index (χ3n) is 4.56. The van der Waals surface area contributed by atoms with Gasteiger partial charge >= 0.3 is 0 Å². The van der Waals surface area contributed by atoms with Crippen molar-refractivity contribution in [2.75, 3.05) is 30.0 Å². The summed E-state index contributed by atoms with van der Waals surface area (Å²) in [5.74, 6) is 1.84. The molecule has 1 amide bonds. The first-order valence-corrected chi connectivity index (χ1v) is 9.86. The highest BCUT2D eigenvalue weighted by Gasteiger charge is 2.22. The largest absolute Gasteiger partial charge is 0.493 e. The number of aromatic nitrogens is 2. The predicted molar refractivity (Wildman–Crippen MR) is 109 cm³/mol. The van der Waals surface area contributed by atoms with E-state index in [0.29, 0.717) is 30.5 Å². The highest BCUT2D eigenvalue weighted by molar-refractivity contribution is 6.05. The molecule has 1 aromatic heterocycles. The summed E-state index contributed by atoms with van der Waals surface area (Å²) in [6.07, 6.45) is 4.85. The molecule has 0 spiro atoms. The molecular weight excluding hydrogens is 356 g/mol. The van der Waals surface area contributed by atoms with Gasteiger partial charge in [-0.3, -0.25) is 9.69 Å². The number of carbonyl (C=O) groups excluding carboxylic acids is 1. The molecule has 7 heteroatoms. The molecular formula is C21H28N4O3. The van der Waals surface area contributed by atoms with Crippen LogP contribution in [0.1, 0.15) is 49.0 Å². The van der Waals surface area contributed by atoms with Crippen LogP contribution in [0.3, 0.4) is 0 Å². The van der Waals surface area contributed by atoms with Crippen molar-refractivity contribution in [2.24, 2.45) is 0 Å². The maximum atomic E-state index is 13.3. The minimum atomic E-state index is -0.0899. The van der Waals surface area contributed by atoms with Crippen LogP contribution in [0.4, 0.5) is 11.8 Å². The molecule has 0 fully saturated rings. The van der Waals surface area contributed by atoms with E-state index in [-0.39, 0.29) is 18.6 Å². The van der Waals surface area contributed by atoms with Gasteiger partial charge in [-0.05, 0) is 62.9 Å². The fourth-order valence-electron chi connectivity index (χ4n) is 3.18. The summed E-state index contributed by atoms with van der Waals surface area (Å²) in [5.41, 5.74) is 1.69. The third-order valence-corrected chi connectivity index (χ3v) is 4.56. The Morgan fingerprint density at radius 2 is 2.14 bits per heavy atom. The Morgan fingerprint density at radius 3 is 2.93 bits per heavy atom. The van der Waals surface area contributed by atoms with Gasteiger partial charge in [-0.1, -0.05) is 0 Å². The number of unbranched alkanes of at least 4 members (excludes halogenated alkanes) is 2. The van der Waals surface area contributed by atoms with Gasteiger partial charge in [0.25, 0.3) is 5.91 Å². The van der Waals surface area contributed by atoms with Crippen LogP contribution in [0.15, 0.2) is 30.5 Å². The highest BCUT2D eigenvalue weighted by atomic mass is 16.5. The SMILES string of the molecule is CC(C)Nc1nccc(N(CCCCCO)C(=O)c2ccc3c(c2)CCO3)n1. The number of nitrogens with one attached hydrogen (secondary N) is 1. The van der Waals surface area contributed by atoms with Gasteiger partial charge in [-0.25, -0.2) is 4.98 Å². The Labute approximate surface area is 165 Å². The van der Waals surface area contributed by atoms with E-state index in [4.69, 9.17) is 9.84 Å². The molecule has 0 radical (unpaired) electrons. The summed E-state index contributed by atoms with van der Waals surface area (Å²) >= 11 is 0. The predicted octanol–water partition coefficient (Wildman–Crippen LogP) is 3.04. The van der Waals surface area contributed by atoms with Crippen molar-refractivity contribution in [1.82, 2.24) is 9.97 Å². The quantitative estimate of drug-likeness (QED) is 0.646. The van der Waals surface area contributed by atoms with Gasteiger partial charge in [0.2, 0.25) is 5.95 Å². The zero-order chi connectivity index (χ0) is 19.9.